The molecule has 0 radical (unpaired) electrons. The zero-order chi connectivity index (χ0) is 20.4. The lowest BCUT2D eigenvalue weighted by Gasteiger charge is -2.30. The van der Waals surface area contributed by atoms with Crippen molar-refractivity contribution in [1.82, 2.24) is 4.98 Å². The molecule has 0 fully saturated rings. The van der Waals surface area contributed by atoms with Gasteiger partial charge in [-0.05, 0) is 49.6 Å². The van der Waals surface area contributed by atoms with E-state index in [1.807, 2.05) is 18.2 Å². The van der Waals surface area contributed by atoms with Crippen molar-refractivity contribution < 1.29 is 8.42 Å². The molecule has 1 aliphatic heterocycles. The molecule has 4 rings (SSSR count). The highest BCUT2D eigenvalue weighted by molar-refractivity contribution is 7.92. The average Bonchev–Trinajstić information content (AvgIpc) is 3.12. The monoisotopic (exact) mass is 425 g/mol. The maximum atomic E-state index is 13.2. The fourth-order valence-electron chi connectivity index (χ4n) is 3.58. The second-order valence-electron chi connectivity index (χ2n) is 6.93. The van der Waals surface area contributed by atoms with E-state index < -0.39 is 10.0 Å². The number of nitrogens with zero attached hydrogens (tertiary/aromatic N) is 2. The zero-order valence-corrected chi connectivity index (χ0v) is 17.9. The highest BCUT2D eigenvalue weighted by Crippen LogP contribution is 2.37. The van der Waals surface area contributed by atoms with Crippen LogP contribution in [-0.2, 0) is 16.4 Å². The molecule has 0 atom stereocenters. The maximum Gasteiger partial charge on any atom is 0.264 e. The summed E-state index contributed by atoms with van der Waals surface area (Å²) in [6.45, 7) is 6.94. The van der Waals surface area contributed by atoms with Gasteiger partial charge in [-0.15, -0.1) is 17.9 Å². The van der Waals surface area contributed by atoms with E-state index in [0.717, 1.165) is 45.4 Å². The normalized spacial score (nSPS) is 13.8. The highest BCUT2D eigenvalue weighted by Gasteiger charge is 2.29. The number of sulfonamides is 1. The molecule has 0 unspecified atom stereocenters. The van der Waals surface area contributed by atoms with Gasteiger partial charge in [-0.3, -0.25) is 4.31 Å². The molecule has 2 aromatic carbocycles. The van der Waals surface area contributed by atoms with E-state index >= 15 is 0 Å². The van der Waals surface area contributed by atoms with E-state index in [-0.39, 0.29) is 0 Å². The van der Waals surface area contributed by atoms with Crippen LogP contribution in [0.15, 0.2) is 66.1 Å². The summed E-state index contributed by atoms with van der Waals surface area (Å²) in [5, 5.41) is 4.10. The fourth-order valence-corrected chi connectivity index (χ4v) is 5.98. The van der Waals surface area contributed by atoms with E-state index in [9.17, 15) is 8.42 Å². The molecule has 29 heavy (non-hydrogen) atoms. The first kappa shape index (κ1) is 19.7. The van der Waals surface area contributed by atoms with Crippen molar-refractivity contribution in [3.63, 3.8) is 0 Å². The second kappa shape index (κ2) is 8.00. The Kier molecular flexibility index (Phi) is 5.43. The van der Waals surface area contributed by atoms with E-state index in [4.69, 9.17) is 4.98 Å². The van der Waals surface area contributed by atoms with Crippen LogP contribution in [-0.4, -0.2) is 26.5 Å². The minimum absolute atomic E-state index is 0.324. The van der Waals surface area contributed by atoms with Crippen molar-refractivity contribution in [1.29, 1.82) is 0 Å². The molecule has 150 valence electrons. The van der Waals surface area contributed by atoms with Crippen molar-refractivity contribution in [2.45, 2.75) is 24.7 Å². The lowest BCUT2D eigenvalue weighted by Crippen LogP contribution is -2.35. The quantitative estimate of drug-likeness (QED) is 0.573. The molecular weight excluding hydrogens is 402 g/mol. The third kappa shape index (κ3) is 3.80. The van der Waals surface area contributed by atoms with Crippen LogP contribution in [0.4, 0.5) is 10.8 Å². The number of aromatic nitrogens is 1. The molecule has 2 heterocycles. The van der Waals surface area contributed by atoms with Gasteiger partial charge >= 0.3 is 0 Å². The summed E-state index contributed by atoms with van der Waals surface area (Å²) in [5.41, 5.74) is 3.76. The first-order chi connectivity index (χ1) is 14.0. The van der Waals surface area contributed by atoms with Crippen LogP contribution in [0, 0.1) is 6.92 Å². The summed E-state index contributed by atoms with van der Waals surface area (Å²) in [6, 6.07) is 14.6. The number of nitrogens with one attached hydrogen (secondary N) is 1. The molecule has 1 aromatic heterocycles. The Labute approximate surface area is 175 Å². The molecule has 0 saturated heterocycles. The van der Waals surface area contributed by atoms with Crippen LogP contribution in [0.2, 0.25) is 0 Å². The van der Waals surface area contributed by atoms with Crippen LogP contribution in [0.25, 0.3) is 11.3 Å². The van der Waals surface area contributed by atoms with Crippen LogP contribution in [0.3, 0.4) is 0 Å². The summed E-state index contributed by atoms with van der Waals surface area (Å²) in [4.78, 5) is 6.16. The number of hydrogen-bond donors (Lipinski definition) is 1. The van der Waals surface area contributed by atoms with Crippen molar-refractivity contribution in [2.24, 2.45) is 0 Å². The smallest absolute Gasteiger partial charge is 0.264 e. The number of aryl methyl sites for hydroxylation is 2. The molecule has 0 saturated carbocycles. The SMILES string of the molecule is C=CCNc1nc(-c2ccc3c(c2)CCCN3S(=O)(=O)c2ccccc2)c(C)s1. The predicted molar refractivity (Wildman–Crippen MR) is 120 cm³/mol. The lowest BCUT2D eigenvalue weighted by molar-refractivity contribution is 0.586. The average molecular weight is 426 g/mol. The van der Waals surface area contributed by atoms with E-state index in [1.165, 1.54) is 4.31 Å². The highest BCUT2D eigenvalue weighted by atomic mass is 32.2. The number of anilines is 2. The molecule has 0 spiro atoms. The standard InChI is InChI=1S/C22H23N3O2S2/c1-3-13-23-22-24-21(16(2)28-22)18-11-12-20-17(15-18)8-7-14-25(20)29(26,27)19-9-5-4-6-10-19/h3-6,9-12,15H,1,7-8,13-14H2,2H3,(H,23,24). The number of rotatable bonds is 6. The van der Waals surface area contributed by atoms with Gasteiger partial charge in [0.2, 0.25) is 0 Å². The first-order valence-electron chi connectivity index (χ1n) is 9.54. The minimum atomic E-state index is -3.57. The van der Waals surface area contributed by atoms with Gasteiger partial charge in [0, 0.05) is 23.5 Å². The number of hydrogen-bond acceptors (Lipinski definition) is 5. The summed E-state index contributed by atoms with van der Waals surface area (Å²) >= 11 is 1.61. The van der Waals surface area contributed by atoms with Crippen LogP contribution in [0.1, 0.15) is 16.9 Å². The van der Waals surface area contributed by atoms with Gasteiger partial charge < -0.3 is 5.32 Å². The molecule has 0 aliphatic carbocycles. The van der Waals surface area contributed by atoms with Gasteiger partial charge in [-0.1, -0.05) is 30.3 Å². The molecule has 0 amide bonds. The predicted octanol–water partition coefficient (Wildman–Crippen LogP) is 4.86. The molecular formula is C22H23N3O2S2. The molecule has 1 N–H and O–H groups in total. The van der Waals surface area contributed by atoms with Crippen molar-refractivity contribution >= 4 is 32.2 Å². The summed E-state index contributed by atoms with van der Waals surface area (Å²) in [6.07, 6.45) is 3.45. The van der Waals surface area contributed by atoms with Crippen LogP contribution < -0.4 is 9.62 Å². The maximum absolute atomic E-state index is 13.2. The topological polar surface area (TPSA) is 62.3 Å². The Hall–Kier alpha value is -2.64. The van der Waals surface area contributed by atoms with Crippen molar-refractivity contribution in [3.05, 3.63) is 71.6 Å². The van der Waals surface area contributed by atoms with Crippen molar-refractivity contribution in [2.75, 3.05) is 22.7 Å². The third-order valence-electron chi connectivity index (χ3n) is 4.95. The van der Waals surface area contributed by atoms with Gasteiger partial charge in [-0.25, -0.2) is 13.4 Å². The Bertz CT molecular complexity index is 1140. The first-order valence-corrected chi connectivity index (χ1v) is 11.8. The summed E-state index contributed by atoms with van der Waals surface area (Å²) in [5.74, 6) is 0. The van der Waals surface area contributed by atoms with Crippen LogP contribution in [0.5, 0.6) is 0 Å². The Balaban J connectivity index is 1.70. The number of benzene rings is 2. The largest absolute Gasteiger partial charge is 0.358 e. The van der Waals surface area contributed by atoms with Gasteiger partial charge in [-0.2, -0.15) is 0 Å². The Morgan fingerprint density at radius 2 is 2.03 bits per heavy atom. The van der Waals surface area contributed by atoms with Gasteiger partial charge in [0.15, 0.2) is 5.13 Å². The molecule has 1 aliphatic rings. The summed E-state index contributed by atoms with van der Waals surface area (Å²) in [7, 11) is -3.57. The molecule has 5 nitrogen and oxygen atoms in total. The summed E-state index contributed by atoms with van der Waals surface area (Å²) < 4.78 is 27.9. The van der Waals surface area contributed by atoms with E-state index in [1.54, 1.807) is 41.7 Å². The Morgan fingerprint density at radius 3 is 2.79 bits per heavy atom. The van der Waals surface area contributed by atoms with Crippen LogP contribution >= 0.6 is 11.3 Å². The van der Waals surface area contributed by atoms with E-state index in [2.05, 4.69) is 24.9 Å². The zero-order valence-electron chi connectivity index (χ0n) is 16.3. The molecule has 7 heteroatoms. The fraction of sp³-hybridized carbons (Fsp3) is 0.227. The van der Waals surface area contributed by atoms with Crippen molar-refractivity contribution in [3.8, 4) is 11.3 Å². The molecule has 0 bridgehead atoms. The second-order valence-corrected chi connectivity index (χ2v) is 10.00. The van der Waals surface area contributed by atoms with Gasteiger partial charge in [0.25, 0.3) is 10.0 Å². The minimum Gasteiger partial charge on any atom is -0.358 e. The number of fused-ring (bicyclic) bond motifs is 1. The Morgan fingerprint density at radius 1 is 1.24 bits per heavy atom. The molecule has 3 aromatic rings. The van der Waals surface area contributed by atoms with Gasteiger partial charge in [0.1, 0.15) is 0 Å². The van der Waals surface area contributed by atoms with E-state index in [0.29, 0.717) is 18.0 Å². The number of thiazole rings is 1. The van der Waals surface area contributed by atoms with Gasteiger partial charge in [0.05, 0.1) is 16.3 Å². The lowest BCUT2D eigenvalue weighted by atomic mass is 9.99. The third-order valence-corrected chi connectivity index (χ3v) is 7.71.